The first-order chi connectivity index (χ1) is 6.01. The van der Waals surface area contributed by atoms with Crippen LogP contribution in [0.3, 0.4) is 0 Å². The van der Waals surface area contributed by atoms with Gasteiger partial charge < -0.3 is 0 Å². The van der Waals surface area contributed by atoms with Crippen LogP contribution < -0.4 is 10.2 Å². The van der Waals surface area contributed by atoms with Crippen LogP contribution in [0, 0.1) is 0 Å². The number of sulfonamides is 1. The molecular formula is C8H11BNO2S. The predicted octanol–water partition coefficient (Wildman–Crippen LogP) is 0.436. The Morgan fingerprint density at radius 1 is 1.38 bits per heavy atom. The third-order valence-electron chi connectivity index (χ3n) is 1.52. The van der Waals surface area contributed by atoms with Crippen LogP contribution in [0.4, 0.5) is 5.69 Å². The zero-order valence-electron chi connectivity index (χ0n) is 7.61. The first-order valence-electron chi connectivity index (χ1n) is 3.88. The van der Waals surface area contributed by atoms with Crippen molar-refractivity contribution in [2.45, 2.75) is 6.82 Å². The van der Waals surface area contributed by atoms with Gasteiger partial charge in [0.2, 0.25) is 10.0 Å². The SMILES string of the molecule is C[B]c1cccc(NS(C)(=O)=O)c1. The van der Waals surface area contributed by atoms with Crippen molar-refractivity contribution in [3.05, 3.63) is 24.3 Å². The van der Waals surface area contributed by atoms with Crippen molar-refractivity contribution in [1.82, 2.24) is 0 Å². The summed E-state index contributed by atoms with van der Waals surface area (Å²) in [5.74, 6) is 0. The number of anilines is 1. The lowest BCUT2D eigenvalue weighted by Crippen LogP contribution is -2.14. The molecule has 0 spiro atoms. The van der Waals surface area contributed by atoms with E-state index in [1.807, 2.05) is 26.2 Å². The van der Waals surface area contributed by atoms with E-state index in [1.165, 1.54) is 0 Å². The maximum Gasteiger partial charge on any atom is 0.229 e. The second kappa shape index (κ2) is 3.83. The van der Waals surface area contributed by atoms with Gasteiger partial charge in [0.1, 0.15) is 7.28 Å². The van der Waals surface area contributed by atoms with E-state index in [0.717, 1.165) is 11.7 Å². The number of benzene rings is 1. The monoisotopic (exact) mass is 196 g/mol. The minimum absolute atomic E-state index is 0.595. The van der Waals surface area contributed by atoms with Gasteiger partial charge in [-0.1, -0.05) is 24.4 Å². The average Bonchev–Trinajstić information content (AvgIpc) is 2.01. The van der Waals surface area contributed by atoms with Crippen LogP contribution in [0.5, 0.6) is 0 Å². The lowest BCUT2D eigenvalue weighted by Gasteiger charge is -2.04. The Bertz CT molecular complexity index is 389. The average molecular weight is 196 g/mol. The van der Waals surface area contributed by atoms with Gasteiger partial charge >= 0.3 is 0 Å². The molecule has 0 aliphatic rings. The molecule has 1 radical (unpaired) electrons. The highest BCUT2D eigenvalue weighted by Crippen LogP contribution is 2.04. The summed E-state index contributed by atoms with van der Waals surface area (Å²) in [6, 6.07) is 7.21. The maximum atomic E-state index is 10.9. The minimum atomic E-state index is -3.17. The van der Waals surface area contributed by atoms with Crippen LogP contribution in [-0.4, -0.2) is 22.0 Å². The Morgan fingerprint density at radius 2 is 2.08 bits per heavy atom. The molecule has 0 aromatic heterocycles. The highest BCUT2D eigenvalue weighted by Gasteiger charge is 2.01. The Kier molecular flexibility index (Phi) is 2.98. The first kappa shape index (κ1) is 10.1. The van der Waals surface area contributed by atoms with Crippen LogP contribution in [0.2, 0.25) is 6.82 Å². The van der Waals surface area contributed by atoms with Crippen LogP contribution in [-0.2, 0) is 10.0 Å². The Balaban J connectivity index is 2.90. The van der Waals surface area contributed by atoms with Gasteiger partial charge in [0, 0.05) is 5.69 Å². The van der Waals surface area contributed by atoms with E-state index >= 15 is 0 Å². The zero-order valence-corrected chi connectivity index (χ0v) is 8.43. The lowest BCUT2D eigenvalue weighted by molar-refractivity contribution is 0.607. The zero-order chi connectivity index (χ0) is 9.90. The van der Waals surface area contributed by atoms with E-state index < -0.39 is 10.0 Å². The Morgan fingerprint density at radius 3 is 2.62 bits per heavy atom. The van der Waals surface area contributed by atoms with Crippen LogP contribution in [0.25, 0.3) is 0 Å². The molecule has 0 fully saturated rings. The van der Waals surface area contributed by atoms with E-state index in [9.17, 15) is 8.42 Å². The van der Waals surface area contributed by atoms with Crippen molar-refractivity contribution < 1.29 is 8.42 Å². The minimum Gasteiger partial charge on any atom is -0.284 e. The molecule has 0 aliphatic carbocycles. The van der Waals surface area contributed by atoms with Crippen molar-refractivity contribution in [2.24, 2.45) is 0 Å². The summed E-state index contributed by atoms with van der Waals surface area (Å²) >= 11 is 0. The van der Waals surface area contributed by atoms with Crippen molar-refractivity contribution in [3.63, 3.8) is 0 Å². The molecule has 1 rings (SSSR count). The molecule has 1 aromatic rings. The van der Waals surface area contributed by atoms with Gasteiger partial charge in [-0.2, -0.15) is 0 Å². The summed E-state index contributed by atoms with van der Waals surface area (Å²) < 4.78 is 24.2. The standard InChI is InChI=1S/C8H11BNO2S/c1-9-7-4-3-5-8(6-7)10-13(2,11)12/h3-6,10H,1-2H3. The van der Waals surface area contributed by atoms with Crippen molar-refractivity contribution in [2.75, 3.05) is 11.0 Å². The van der Waals surface area contributed by atoms with E-state index in [4.69, 9.17) is 0 Å². The normalized spacial score (nSPS) is 10.9. The van der Waals surface area contributed by atoms with Crippen molar-refractivity contribution >= 4 is 28.5 Å². The Labute approximate surface area is 79.5 Å². The van der Waals surface area contributed by atoms with E-state index in [0.29, 0.717) is 5.69 Å². The van der Waals surface area contributed by atoms with E-state index in [1.54, 1.807) is 12.1 Å². The van der Waals surface area contributed by atoms with Crippen LogP contribution >= 0.6 is 0 Å². The quantitative estimate of drug-likeness (QED) is 0.712. The van der Waals surface area contributed by atoms with Crippen LogP contribution in [0.1, 0.15) is 0 Å². The highest BCUT2D eigenvalue weighted by molar-refractivity contribution is 7.92. The van der Waals surface area contributed by atoms with Crippen molar-refractivity contribution in [3.8, 4) is 0 Å². The molecule has 0 saturated carbocycles. The van der Waals surface area contributed by atoms with E-state index in [-0.39, 0.29) is 0 Å². The number of rotatable bonds is 3. The molecule has 13 heavy (non-hydrogen) atoms. The number of nitrogens with one attached hydrogen (secondary N) is 1. The maximum absolute atomic E-state index is 10.9. The smallest absolute Gasteiger partial charge is 0.229 e. The molecule has 0 amide bonds. The van der Waals surface area contributed by atoms with Gasteiger partial charge in [-0.3, -0.25) is 4.72 Å². The molecule has 1 N–H and O–H groups in total. The molecule has 69 valence electrons. The number of hydrogen-bond acceptors (Lipinski definition) is 2. The molecule has 1 aromatic carbocycles. The summed E-state index contributed by atoms with van der Waals surface area (Å²) in [6.45, 7) is 1.90. The van der Waals surface area contributed by atoms with Crippen molar-refractivity contribution in [1.29, 1.82) is 0 Å². The van der Waals surface area contributed by atoms with Gasteiger partial charge in [-0.25, -0.2) is 8.42 Å². The third-order valence-corrected chi connectivity index (χ3v) is 2.13. The predicted molar refractivity (Wildman–Crippen MR) is 56.2 cm³/mol. The second-order valence-corrected chi connectivity index (χ2v) is 4.54. The first-order valence-corrected chi connectivity index (χ1v) is 5.77. The van der Waals surface area contributed by atoms with Gasteiger partial charge in [0.25, 0.3) is 0 Å². The molecule has 0 aliphatic heterocycles. The topological polar surface area (TPSA) is 46.2 Å². The largest absolute Gasteiger partial charge is 0.284 e. The summed E-state index contributed by atoms with van der Waals surface area (Å²) in [6.07, 6.45) is 1.13. The fourth-order valence-corrected chi connectivity index (χ4v) is 1.55. The molecule has 5 heteroatoms. The van der Waals surface area contributed by atoms with Gasteiger partial charge in [-0.15, -0.1) is 0 Å². The molecule has 0 atom stereocenters. The summed E-state index contributed by atoms with van der Waals surface area (Å²) in [5, 5.41) is 0. The fraction of sp³-hybridized carbons (Fsp3) is 0.250. The molecule has 0 bridgehead atoms. The summed E-state index contributed by atoms with van der Waals surface area (Å²) in [5.41, 5.74) is 1.59. The Hall–Kier alpha value is -0.965. The second-order valence-electron chi connectivity index (χ2n) is 2.79. The van der Waals surface area contributed by atoms with Crippen LogP contribution in [0.15, 0.2) is 24.3 Å². The summed E-state index contributed by atoms with van der Waals surface area (Å²) in [4.78, 5) is 0. The van der Waals surface area contributed by atoms with E-state index in [2.05, 4.69) is 4.72 Å². The molecule has 0 unspecified atom stereocenters. The molecule has 0 saturated heterocycles. The highest BCUT2D eigenvalue weighted by atomic mass is 32.2. The fourth-order valence-electron chi connectivity index (χ4n) is 0.996. The van der Waals surface area contributed by atoms with Gasteiger partial charge in [0.05, 0.1) is 6.26 Å². The number of hydrogen-bond donors (Lipinski definition) is 1. The van der Waals surface area contributed by atoms with Gasteiger partial charge in [0.15, 0.2) is 0 Å². The lowest BCUT2D eigenvalue weighted by atomic mass is 9.73. The molecular weight excluding hydrogens is 185 g/mol. The summed E-state index contributed by atoms with van der Waals surface area (Å²) in [7, 11) is -1.26. The van der Waals surface area contributed by atoms with Gasteiger partial charge in [-0.05, 0) is 12.1 Å². The molecule has 3 nitrogen and oxygen atoms in total. The molecule has 0 heterocycles. The third kappa shape index (κ3) is 3.50.